The molecule has 2 bridgehead atoms. The lowest BCUT2D eigenvalue weighted by atomic mass is 9.85. The van der Waals surface area contributed by atoms with Crippen molar-refractivity contribution in [3.8, 4) is 0 Å². The molecule has 3 rings (SSSR count). The number of methoxy groups -OCH3 is 1. The third-order valence-corrected chi connectivity index (χ3v) is 6.52. The number of aliphatic hydroxyl groups is 1. The van der Waals surface area contributed by atoms with E-state index in [0.29, 0.717) is 19.4 Å². The van der Waals surface area contributed by atoms with Crippen LogP contribution in [0.3, 0.4) is 0 Å². The Morgan fingerprint density at radius 3 is 2.37 bits per heavy atom. The van der Waals surface area contributed by atoms with E-state index in [-0.39, 0.29) is 10.5 Å². The molecule has 2 unspecified atom stereocenters. The lowest BCUT2D eigenvalue weighted by Gasteiger charge is -2.36. The number of ether oxygens (including phenoxy) is 1. The maximum Gasteiger partial charge on any atom is 0.0919 e. The van der Waals surface area contributed by atoms with E-state index >= 15 is 0 Å². The molecule has 0 spiro atoms. The quantitative estimate of drug-likeness (QED) is 0.922. The molecule has 3 nitrogen and oxygen atoms in total. The van der Waals surface area contributed by atoms with Gasteiger partial charge in [0.1, 0.15) is 0 Å². The smallest absolute Gasteiger partial charge is 0.0919 e. The van der Waals surface area contributed by atoms with Crippen LogP contribution in [0.4, 0.5) is 0 Å². The van der Waals surface area contributed by atoms with E-state index in [1.165, 1.54) is 0 Å². The molecule has 4 heteroatoms. The Balaban J connectivity index is 1.83. The number of hydrogen-bond donors (Lipinski definition) is 1. The highest BCUT2D eigenvalue weighted by molar-refractivity contribution is 7.86. The van der Waals surface area contributed by atoms with Gasteiger partial charge in [0.25, 0.3) is 0 Å². The van der Waals surface area contributed by atoms with E-state index in [2.05, 4.69) is 0 Å². The highest BCUT2D eigenvalue weighted by atomic mass is 32.2. The molecule has 0 radical (unpaired) electrons. The van der Waals surface area contributed by atoms with Gasteiger partial charge in [-0.1, -0.05) is 24.3 Å². The van der Waals surface area contributed by atoms with Gasteiger partial charge < -0.3 is 9.84 Å². The van der Waals surface area contributed by atoms with Gasteiger partial charge in [0.05, 0.1) is 12.2 Å². The van der Waals surface area contributed by atoms with Crippen LogP contribution in [0, 0.1) is 0 Å². The van der Waals surface area contributed by atoms with Gasteiger partial charge in [0, 0.05) is 28.4 Å². The number of fused-ring (bicyclic) bond motifs is 2. The molecule has 2 heterocycles. The molecule has 2 fully saturated rings. The van der Waals surface area contributed by atoms with Crippen LogP contribution in [0.25, 0.3) is 0 Å². The number of hydrogen-bond acceptors (Lipinski definition) is 3. The molecule has 2 aliphatic heterocycles. The number of rotatable bonds is 3. The fourth-order valence-electron chi connectivity index (χ4n) is 3.39. The first kappa shape index (κ1) is 13.3. The van der Waals surface area contributed by atoms with Crippen LogP contribution < -0.4 is 0 Å². The molecule has 2 saturated heterocycles. The molecule has 0 aromatic heterocycles. The summed E-state index contributed by atoms with van der Waals surface area (Å²) in [4.78, 5) is 0. The van der Waals surface area contributed by atoms with Crippen molar-refractivity contribution in [2.45, 2.75) is 48.4 Å². The predicted molar refractivity (Wildman–Crippen MR) is 75.2 cm³/mol. The van der Waals surface area contributed by atoms with Crippen LogP contribution in [0.5, 0.6) is 0 Å². The zero-order valence-electron chi connectivity index (χ0n) is 11.2. The van der Waals surface area contributed by atoms with Crippen molar-refractivity contribution < 1.29 is 14.1 Å². The predicted octanol–water partition coefficient (Wildman–Crippen LogP) is 2.09. The van der Waals surface area contributed by atoms with Gasteiger partial charge >= 0.3 is 0 Å². The van der Waals surface area contributed by atoms with Gasteiger partial charge in [-0.2, -0.15) is 0 Å². The summed E-state index contributed by atoms with van der Waals surface area (Å²) in [6, 6.07) is 7.98. The normalized spacial score (nSPS) is 37.5. The maximum atomic E-state index is 12.0. The Hall–Kier alpha value is -0.710. The lowest BCUT2D eigenvalue weighted by molar-refractivity contribution is 0.0184. The molecule has 2 aliphatic rings. The highest BCUT2D eigenvalue weighted by Crippen LogP contribution is 2.45. The second-order valence-electron chi connectivity index (χ2n) is 5.72. The Labute approximate surface area is 116 Å². The molecule has 1 N–H and O–H groups in total. The van der Waals surface area contributed by atoms with E-state index in [1.54, 1.807) is 7.11 Å². The van der Waals surface area contributed by atoms with E-state index in [1.807, 2.05) is 24.3 Å². The van der Waals surface area contributed by atoms with Gasteiger partial charge in [-0.05, 0) is 36.8 Å². The standard InChI is InChI=1S/C15H20O3S/c1-18-10-11-2-4-12(5-3-11)15(16)8-13-6-7-14(9-15)19(13)17/h2-5,13-14,16H,6-10H2,1H3. The highest BCUT2D eigenvalue weighted by Gasteiger charge is 2.48. The fourth-order valence-corrected chi connectivity index (χ4v) is 5.56. The minimum absolute atomic E-state index is 0.183. The summed E-state index contributed by atoms with van der Waals surface area (Å²) in [5.74, 6) is 0. The first-order valence-corrected chi connectivity index (χ1v) is 8.10. The largest absolute Gasteiger partial charge is 0.385 e. The second-order valence-corrected chi connectivity index (χ2v) is 7.71. The van der Waals surface area contributed by atoms with Crippen molar-refractivity contribution in [3.05, 3.63) is 35.4 Å². The molecule has 2 atom stereocenters. The Bertz CT molecular complexity index is 467. The zero-order chi connectivity index (χ0) is 13.5. The topological polar surface area (TPSA) is 46.5 Å². The Kier molecular flexibility index (Phi) is 3.50. The van der Waals surface area contributed by atoms with Gasteiger partial charge in [0.2, 0.25) is 0 Å². The van der Waals surface area contributed by atoms with Crippen molar-refractivity contribution >= 4 is 10.8 Å². The summed E-state index contributed by atoms with van der Waals surface area (Å²) in [6.45, 7) is 0.591. The van der Waals surface area contributed by atoms with E-state index in [0.717, 1.165) is 24.0 Å². The molecular formula is C15H20O3S. The van der Waals surface area contributed by atoms with Crippen molar-refractivity contribution in [3.63, 3.8) is 0 Å². The second kappa shape index (κ2) is 5.00. The van der Waals surface area contributed by atoms with Crippen LogP contribution in [0.1, 0.15) is 36.8 Å². The lowest BCUT2D eigenvalue weighted by Crippen LogP contribution is -2.40. The van der Waals surface area contributed by atoms with Crippen molar-refractivity contribution in [2.75, 3.05) is 7.11 Å². The van der Waals surface area contributed by atoms with Gasteiger partial charge in [0.15, 0.2) is 0 Å². The molecular weight excluding hydrogens is 260 g/mol. The van der Waals surface area contributed by atoms with Crippen LogP contribution in [-0.4, -0.2) is 26.9 Å². The van der Waals surface area contributed by atoms with Crippen LogP contribution in [0.15, 0.2) is 24.3 Å². The molecule has 0 saturated carbocycles. The third-order valence-electron chi connectivity index (χ3n) is 4.40. The fraction of sp³-hybridized carbons (Fsp3) is 0.600. The van der Waals surface area contributed by atoms with E-state index in [4.69, 9.17) is 4.74 Å². The van der Waals surface area contributed by atoms with E-state index in [9.17, 15) is 9.32 Å². The third kappa shape index (κ3) is 2.37. The van der Waals surface area contributed by atoms with Crippen LogP contribution >= 0.6 is 0 Å². The van der Waals surface area contributed by atoms with Gasteiger partial charge in [-0.25, -0.2) is 0 Å². The summed E-state index contributed by atoms with van der Waals surface area (Å²) in [5.41, 5.74) is 1.28. The molecule has 1 aromatic rings. The molecule has 0 aliphatic carbocycles. The summed E-state index contributed by atoms with van der Waals surface area (Å²) < 4.78 is 17.1. The molecule has 19 heavy (non-hydrogen) atoms. The summed E-state index contributed by atoms with van der Waals surface area (Å²) in [5, 5.41) is 11.3. The van der Waals surface area contributed by atoms with Crippen LogP contribution in [0.2, 0.25) is 0 Å². The zero-order valence-corrected chi connectivity index (χ0v) is 12.0. The molecule has 104 valence electrons. The van der Waals surface area contributed by atoms with Gasteiger partial charge in [-0.15, -0.1) is 0 Å². The summed E-state index contributed by atoms with van der Waals surface area (Å²) in [7, 11) is 0.950. The SMILES string of the molecule is COCc1ccc(C2(O)CC3CCC(C2)S3=O)cc1. The van der Waals surface area contributed by atoms with Gasteiger partial charge in [-0.3, -0.25) is 4.21 Å². The molecule has 0 amide bonds. The number of benzene rings is 1. The van der Waals surface area contributed by atoms with Crippen molar-refractivity contribution in [2.24, 2.45) is 0 Å². The minimum Gasteiger partial charge on any atom is -0.385 e. The van der Waals surface area contributed by atoms with Crippen molar-refractivity contribution in [1.82, 2.24) is 0 Å². The molecule has 1 aromatic carbocycles. The Morgan fingerprint density at radius 2 is 1.84 bits per heavy atom. The van der Waals surface area contributed by atoms with Crippen molar-refractivity contribution in [1.29, 1.82) is 0 Å². The Morgan fingerprint density at radius 1 is 1.26 bits per heavy atom. The maximum absolute atomic E-state index is 12.0. The van der Waals surface area contributed by atoms with Crippen LogP contribution in [-0.2, 0) is 27.7 Å². The average molecular weight is 280 g/mol. The summed E-state index contributed by atoms with van der Waals surface area (Å²) in [6.07, 6.45) is 3.28. The monoisotopic (exact) mass is 280 g/mol. The van der Waals surface area contributed by atoms with E-state index < -0.39 is 16.4 Å². The minimum atomic E-state index is -0.786. The summed E-state index contributed by atoms with van der Waals surface area (Å²) >= 11 is 0. The average Bonchev–Trinajstić information content (AvgIpc) is 2.63. The first-order chi connectivity index (χ1) is 9.12. The first-order valence-electron chi connectivity index (χ1n) is 6.82.